The number of ether oxygens (including phenoxy) is 1. The second kappa shape index (κ2) is 5.93. The molecule has 0 bridgehead atoms. The average molecular weight is 263 g/mol. The molecule has 0 aromatic carbocycles. The van der Waals surface area contributed by atoms with Gasteiger partial charge in [0.05, 0.1) is 29.7 Å². The lowest BCUT2D eigenvalue weighted by molar-refractivity contribution is 0.321. The van der Waals surface area contributed by atoms with E-state index >= 15 is 0 Å². The van der Waals surface area contributed by atoms with Gasteiger partial charge in [-0.05, 0) is 26.0 Å². The fourth-order valence-corrected chi connectivity index (χ4v) is 2.34. The Morgan fingerprint density at radius 2 is 2.22 bits per heavy atom. The average Bonchev–Trinajstić information content (AvgIpc) is 2.76. The van der Waals surface area contributed by atoms with Crippen LogP contribution in [0.15, 0.2) is 23.8 Å². The minimum Gasteiger partial charge on any atom is -0.492 e. The van der Waals surface area contributed by atoms with Crippen LogP contribution in [0.25, 0.3) is 0 Å². The van der Waals surface area contributed by atoms with E-state index in [-0.39, 0.29) is 6.04 Å². The highest BCUT2D eigenvalue weighted by Crippen LogP contribution is 2.15. The number of hydrogen-bond donors (Lipinski definition) is 1. The van der Waals surface area contributed by atoms with Crippen LogP contribution in [0, 0.1) is 6.92 Å². The minimum absolute atomic E-state index is 0.0427. The Labute approximate surface area is 111 Å². The van der Waals surface area contributed by atoms with Gasteiger partial charge in [0.15, 0.2) is 0 Å². The molecule has 1 atom stereocenters. The van der Waals surface area contributed by atoms with Gasteiger partial charge in [0, 0.05) is 17.3 Å². The standard InChI is InChI=1S/C13H17N3OS/c1-9(14)12-4-3-11(7-15-12)17-6-5-13-10(2)16-8-18-13/h3-4,7-9H,5-6,14H2,1-2H3. The van der Waals surface area contributed by atoms with Gasteiger partial charge in [0.1, 0.15) is 5.75 Å². The van der Waals surface area contributed by atoms with Crippen LogP contribution in [-0.4, -0.2) is 16.6 Å². The van der Waals surface area contributed by atoms with E-state index in [1.165, 1.54) is 4.88 Å². The third-order valence-corrected chi connectivity index (χ3v) is 3.66. The molecule has 1 unspecified atom stereocenters. The largest absolute Gasteiger partial charge is 0.492 e. The third-order valence-electron chi connectivity index (χ3n) is 2.67. The molecule has 0 spiro atoms. The predicted molar refractivity (Wildman–Crippen MR) is 72.9 cm³/mol. The smallest absolute Gasteiger partial charge is 0.137 e. The van der Waals surface area contributed by atoms with Crippen molar-refractivity contribution in [2.45, 2.75) is 26.3 Å². The van der Waals surface area contributed by atoms with E-state index in [9.17, 15) is 0 Å². The molecule has 96 valence electrons. The van der Waals surface area contributed by atoms with Crippen molar-refractivity contribution in [3.8, 4) is 5.75 Å². The number of aromatic nitrogens is 2. The second-order valence-corrected chi connectivity index (χ2v) is 5.11. The van der Waals surface area contributed by atoms with Crippen LogP contribution in [0.4, 0.5) is 0 Å². The first-order chi connectivity index (χ1) is 8.66. The topological polar surface area (TPSA) is 61.0 Å². The SMILES string of the molecule is Cc1ncsc1CCOc1ccc(C(C)N)nc1. The number of nitrogens with zero attached hydrogens (tertiary/aromatic N) is 2. The highest BCUT2D eigenvalue weighted by molar-refractivity contribution is 7.09. The maximum absolute atomic E-state index is 5.74. The van der Waals surface area contributed by atoms with Crippen molar-refractivity contribution in [1.29, 1.82) is 0 Å². The lowest BCUT2D eigenvalue weighted by atomic mass is 10.2. The lowest BCUT2D eigenvalue weighted by Crippen LogP contribution is -2.07. The molecule has 4 nitrogen and oxygen atoms in total. The molecule has 0 aliphatic rings. The lowest BCUT2D eigenvalue weighted by Gasteiger charge is -2.07. The monoisotopic (exact) mass is 263 g/mol. The molecule has 0 fully saturated rings. The highest BCUT2D eigenvalue weighted by atomic mass is 32.1. The molecular formula is C13H17N3OS. The summed E-state index contributed by atoms with van der Waals surface area (Å²) in [4.78, 5) is 9.73. The number of rotatable bonds is 5. The predicted octanol–water partition coefficient (Wildman–Crippen LogP) is 2.49. The molecule has 0 saturated heterocycles. The molecule has 0 aliphatic carbocycles. The third kappa shape index (κ3) is 3.27. The van der Waals surface area contributed by atoms with Crippen LogP contribution >= 0.6 is 11.3 Å². The van der Waals surface area contributed by atoms with E-state index in [1.807, 2.05) is 31.5 Å². The summed E-state index contributed by atoms with van der Waals surface area (Å²) in [5.41, 5.74) is 9.57. The van der Waals surface area contributed by atoms with Crippen molar-refractivity contribution in [2.24, 2.45) is 5.73 Å². The van der Waals surface area contributed by atoms with Gasteiger partial charge in [-0.15, -0.1) is 11.3 Å². The Morgan fingerprint density at radius 3 is 2.78 bits per heavy atom. The van der Waals surface area contributed by atoms with Crippen molar-refractivity contribution >= 4 is 11.3 Å². The Bertz CT molecular complexity index is 493. The summed E-state index contributed by atoms with van der Waals surface area (Å²) in [5.74, 6) is 0.779. The molecule has 2 aromatic rings. The Kier molecular flexibility index (Phi) is 4.28. The molecule has 2 N–H and O–H groups in total. The maximum Gasteiger partial charge on any atom is 0.137 e. The summed E-state index contributed by atoms with van der Waals surface area (Å²) < 4.78 is 5.64. The Balaban J connectivity index is 1.85. The summed E-state index contributed by atoms with van der Waals surface area (Å²) in [6.45, 7) is 4.57. The minimum atomic E-state index is -0.0427. The highest BCUT2D eigenvalue weighted by Gasteiger charge is 2.03. The van der Waals surface area contributed by atoms with Crippen LogP contribution in [0.2, 0.25) is 0 Å². The molecule has 2 aromatic heterocycles. The maximum atomic E-state index is 5.74. The van der Waals surface area contributed by atoms with E-state index in [4.69, 9.17) is 10.5 Å². The van der Waals surface area contributed by atoms with E-state index in [1.54, 1.807) is 17.5 Å². The fraction of sp³-hybridized carbons (Fsp3) is 0.385. The fourth-order valence-electron chi connectivity index (χ4n) is 1.57. The summed E-state index contributed by atoms with van der Waals surface area (Å²) in [7, 11) is 0. The molecule has 0 amide bonds. The molecule has 0 saturated carbocycles. The second-order valence-electron chi connectivity index (χ2n) is 4.17. The molecule has 5 heteroatoms. The van der Waals surface area contributed by atoms with Gasteiger partial charge in [-0.1, -0.05) is 0 Å². The van der Waals surface area contributed by atoms with E-state index in [2.05, 4.69) is 9.97 Å². The van der Waals surface area contributed by atoms with Gasteiger partial charge in [-0.2, -0.15) is 0 Å². The van der Waals surface area contributed by atoms with Crippen molar-refractivity contribution < 1.29 is 4.74 Å². The first kappa shape index (κ1) is 13.0. The Hall–Kier alpha value is -1.46. The Morgan fingerprint density at radius 1 is 1.39 bits per heavy atom. The van der Waals surface area contributed by atoms with E-state index in [0.29, 0.717) is 6.61 Å². The van der Waals surface area contributed by atoms with Crippen LogP contribution in [0.1, 0.15) is 29.2 Å². The molecule has 2 rings (SSSR count). The van der Waals surface area contributed by atoms with Gasteiger partial charge in [-0.3, -0.25) is 4.98 Å². The van der Waals surface area contributed by atoms with Crippen LogP contribution in [0.5, 0.6) is 5.75 Å². The van der Waals surface area contributed by atoms with E-state index < -0.39 is 0 Å². The molecule has 0 radical (unpaired) electrons. The summed E-state index contributed by atoms with van der Waals surface area (Å²) in [5, 5.41) is 0. The van der Waals surface area contributed by atoms with E-state index in [0.717, 1.165) is 23.6 Å². The van der Waals surface area contributed by atoms with Crippen LogP contribution in [-0.2, 0) is 6.42 Å². The van der Waals surface area contributed by atoms with Crippen LogP contribution in [0.3, 0.4) is 0 Å². The van der Waals surface area contributed by atoms with Crippen molar-refractivity contribution in [1.82, 2.24) is 9.97 Å². The zero-order chi connectivity index (χ0) is 13.0. The molecule has 2 heterocycles. The first-order valence-electron chi connectivity index (χ1n) is 5.90. The van der Waals surface area contributed by atoms with Crippen molar-refractivity contribution in [3.63, 3.8) is 0 Å². The van der Waals surface area contributed by atoms with Gasteiger partial charge in [-0.25, -0.2) is 4.98 Å². The first-order valence-corrected chi connectivity index (χ1v) is 6.78. The van der Waals surface area contributed by atoms with Gasteiger partial charge >= 0.3 is 0 Å². The molecule has 18 heavy (non-hydrogen) atoms. The zero-order valence-electron chi connectivity index (χ0n) is 10.6. The summed E-state index contributed by atoms with van der Waals surface area (Å²) in [6, 6.07) is 3.77. The number of thiazole rings is 1. The van der Waals surface area contributed by atoms with Crippen LogP contribution < -0.4 is 10.5 Å². The van der Waals surface area contributed by atoms with Gasteiger partial charge in [0.2, 0.25) is 0 Å². The van der Waals surface area contributed by atoms with Gasteiger partial charge < -0.3 is 10.5 Å². The zero-order valence-corrected chi connectivity index (χ0v) is 11.4. The number of hydrogen-bond acceptors (Lipinski definition) is 5. The number of aryl methyl sites for hydroxylation is 1. The summed E-state index contributed by atoms with van der Waals surface area (Å²) >= 11 is 1.67. The quantitative estimate of drug-likeness (QED) is 0.900. The van der Waals surface area contributed by atoms with Crippen molar-refractivity contribution in [3.05, 3.63) is 40.1 Å². The molecule has 0 aliphatic heterocycles. The number of nitrogens with two attached hydrogens (primary N) is 1. The number of pyridine rings is 1. The normalized spacial score (nSPS) is 12.4. The van der Waals surface area contributed by atoms with Crippen molar-refractivity contribution in [2.75, 3.05) is 6.61 Å². The molecular weight excluding hydrogens is 246 g/mol. The summed E-state index contributed by atoms with van der Waals surface area (Å²) in [6.07, 6.45) is 2.60. The van der Waals surface area contributed by atoms with Gasteiger partial charge in [0.25, 0.3) is 0 Å².